The molecule has 1 fully saturated rings. The van der Waals surface area contributed by atoms with Crippen LogP contribution in [0.15, 0.2) is 18.5 Å². The first kappa shape index (κ1) is 12.2. The van der Waals surface area contributed by atoms with E-state index in [0.29, 0.717) is 6.54 Å². The normalized spacial score (nSPS) is 24.9. The van der Waals surface area contributed by atoms with E-state index in [1.807, 2.05) is 39.2 Å². The van der Waals surface area contributed by atoms with Crippen LogP contribution in [0, 0.1) is 5.92 Å². The maximum atomic E-state index is 12.1. The molecule has 0 aromatic carbocycles. The van der Waals surface area contributed by atoms with Crippen LogP contribution < -0.4 is 5.32 Å². The molecule has 2 N–H and O–H groups in total. The van der Waals surface area contributed by atoms with Crippen LogP contribution in [0.4, 0.5) is 0 Å². The van der Waals surface area contributed by atoms with Gasteiger partial charge in [0.05, 0.1) is 5.92 Å². The second-order valence-corrected chi connectivity index (χ2v) is 5.55. The molecule has 1 aliphatic rings. The first-order chi connectivity index (χ1) is 7.97. The minimum absolute atomic E-state index is 0.0787. The van der Waals surface area contributed by atoms with Crippen LogP contribution >= 0.6 is 0 Å². The molecule has 2 heterocycles. The number of aromatic nitrogens is 1. The van der Waals surface area contributed by atoms with E-state index in [2.05, 4.69) is 10.3 Å². The van der Waals surface area contributed by atoms with Gasteiger partial charge in [0, 0.05) is 31.4 Å². The summed E-state index contributed by atoms with van der Waals surface area (Å²) in [6.07, 6.45) is 3.84. The van der Waals surface area contributed by atoms with Crippen LogP contribution in [0.2, 0.25) is 0 Å². The van der Waals surface area contributed by atoms with E-state index in [4.69, 9.17) is 4.74 Å². The average molecular weight is 236 g/mol. The van der Waals surface area contributed by atoms with Gasteiger partial charge in [-0.3, -0.25) is 4.79 Å². The summed E-state index contributed by atoms with van der Waals surface area (Å²) in [4.78, 5) is 15.1. The molecule has 1 aliphatic heterocycles. The van der Waals surface area contributed by atoms with E-state index in [1.54, 1.807) is 0 Å². The van der Waals surface area contributed by atoms with Crippen molar-refractivity contribution in [3.05, 3.63) is 24.0 Å². The molecular weight excluding hydrogens is 216 g/mol. The number of hydrogen-bond donors (Lipinski definition) is 2. The van der Waals surface area contributed by atoms with Crippen LogP contribution in [-0.2, 0) is 9.53 Å². The Morgan fingerprint density at radius 2 is 2.18 bits per heavy atom. The van der Waals surface area contributed by atoms with E-state index in [-0.39, 0.29) is 17.8 Å². The van der Waals surface area contributed by atoms with Gasteiger partial charge in [-0.1, -0.05) is 0 Å². The van der Waals surface area contributed by atoms with Crippen molar-refractivity contribution in [2.45, 2.75) is 32.3 Å². The highest BCUT2D eigenvalue weighted by molar-refractivity contribution is 5.75. The lowest BCUT2D eigenvalue weighted by Gasteiger charge is -2.24. The summed E-state index contributed by atoms with van der Waals surface area (Å²) in [5.41, 5.74) is 0.758. The Bertz CT molecular complexity index is 379. The molecule has 4 nitrogen and oxygen atoms in total. The zero-order valence-electron chi connectivity index (χ0n) is 10.6. The fraction of sp³-hybridized carbons (Fsp3) is 0.615. The molecule has 1 saturated heterocycles. The molecule has 0 aliphatic carbocycles. The van der Waals surface area contributed by atoms with Crippen molar-refractivity contribution < 1.29 is 9.53 Å². The number of aromatic amines is 1. The maximum Gasteiger partial charge on any atom is 0.311 e. The molecule has 2 unspecified atom stereocenters. The third-order valence-corrected chi connectivity index (χ3v) is 2.97. The van der Waals surface area contributed by atoms with Crippen molar-refractivity contribution in [2.75, 3.05) is 13.1 Å². The number of carbonyl (C=O) groups is 1. The van der Waals surface area contributed by atoms with Crippen LogP contribution in [0.3, 0.4) is 0 Å². The lowest BCUT2D eigenvalue weighted by atomic mass is 9.90. The second kappa shape index (κ2) is 4.53. The van der Waals surface area contributed by atoms with Gasteiger partial charge >= 0.3 is 5.97 Å². The highest BCUT2D eigenvalue weighted by atomic mass is 16.6. The molecular formula is C13H20N2O2. The van der Waals surface area contributed by atoms with Gasteiger partial charge in [-0.2, -0.15) is 0 Å². The summed E-state index contributed by atoms with van der Waals surface area (Å²) in [5.74, 6) is 0.0369. The summed E-state index contributed by atoms with van der Waals surface area (Å²) in [6.45, 7) is 7.24. The molecule has 0 saturated carbocycles. The average Bonchev–Trinajstić information content (AvgIpc) is 2.85. The number of H-pyrrole nitrogens is 1. The summed E-state index contributed by atoms with van der Waals surface area (Å²) in [7, 11) is 0. The molecule has 2 atom stereocenters. The van der Waals surface area contributed by atoms with Crippen molar-refractivity contribution in [1.29, 1.82) is 0 Å². The number of hydrogen-bond acceptors (Lipinski definition) is 3. The topological polar surface area (TPSA) is 54.1 Å². The Hall–Kier alpha value is -1.29. The van der Waals surface area contributed by atoms with Crippen molar-refractivity contribution >= 4 is 5.97 Å². The van der Waals surface area contributed by atoms with Gasteiger partial charge in [0.2, 0.25) is 0 Å². The Morgan fingerprint density at radius 3 is 2.76 bits per heavy atom. The van der Waals surface area contributed by atoms with Gasteiger partial charge in [-0.15, -0.1) is 0 Å². The molecule has 0 bridgehead atoms. The second-order valence-electron chi connectivity index (χ2n) is 5.55. The smallest absolute Gasteiger partial charge is 0.311 e. The third-order valence-electron chi connectivity index (χ3n) is 2.97. The zero-order valence-corrected chi connectivity index (χ0v) is 10.6. The van der Waals surface area contributed by atoms with Crippen molar-refractivity contribution in [3.63, 3.8) is 0 Å². The molecule has 17 heavy (non-hydrogen) atoms. The monoisotopic (exact) mass is 236 g/mol. The van der Waals surface area contributed by atoms with Gasteiger partial charge in [0.15, 0.2) is 0 Å². The van der Waals surface area contributed by atoms with Crippen LogP contribution in [0.25, 0.3) is 0 Å². The quantitative estimate of drug-likeness (QED) is 0.768. The van der Waals surface area contributed by atoms with Crippen molar-refractivity contribution in [1.82, 2.24) is 10.3 Å². The third kappa shape index (κ3) is 2.88. The van der Waals surface area contributed by atoms with Crippen LogP contribution in [-0.4, -0.2) is 29.6 Å². The SMILES string of the molecule is CC(C)(C)OC(=O)C1CNCC1c1cc[nH]c1. The largest absolute Gasteiger partial charge is 0.460 e. The Kier molecular flexibility index (Phi) is 3.24. The molecule has 2 rings (SSSR count). The van der Waals surface area contributed by atoms with Crippen LogP contribution in [0.1, 0.15) is 32.3 Å². The minimum atomic E-state index is -0.414. The predicted molar refractivity (Wildman–Crippen MR) is 65.7 cm³/mol. The summed E-state index contributed by atoms with van der Waals surface area (Å²) < 4.78 is 5.46. The number of nitrogens with one attached hydrogen (secondary N) is 2. The lowest BCUT2D eigenvalue weighted by Crippen LogP contribution is -2.31. The molecule has 94 valence electrons. The molecule has 4 heteroatoms. The summed E-state index contributed by atoms with van der Waals surface area (Å²) >= 11 is 0. The molecule has 0 spiro atoms. The standard InChI is InChI=1S/C13H20N2O2/c1-13(2,3)17-12(16)11-8-15-7-10(11)9-4-5-14-6-9/h4-6,10-11,14-15H,7-8H2,1-3H3. The van der Waals surface area contributed by atoms with Gasteiger partial charge in [-0.25, -0.2) is 0 Å². The Morgan fingerprint density at radius 1 is 1.41 bits per heavy atom. The lowest BCUT2D eigenvalue weighted by molar-refractivity contribution is -0.159. The van der Waals surface area contributed by atoms with E-state index in [9.17, 15) is 4.79 Å². The van der Waals surface area contributed by atoms with E-state index in [0.717, 1.165) is 6.54 Å². The summed E-state index contributed by atoms with van der Waals surface area (Å²) in [5, 5.41) is 3.26. The number of ether oxygens (including phenoxy) is 1. The van der Waals surface area contributed by atoms with Gasteiger partial charge < -0.3 is 15.0 Å². The molecule has 1 aromatic heterocycles. The van der Waals surface area contributed by atoms with E-state index >= 15 is 0 Å². The Labute approximate surface area is 102 Å². The molecule has 1 aromatic rings. The maximum absolute atomic E-state index is 12.1. The Balaban J connectivity index is 2.07. The van der Waals surface area contributed by atoms with Crippen molar-refractivity contribution in [2.24, 2.45) is 5.92 Å². The zero-order chi connectivity index (χ0) is 12.5. The van der Waals surface area contributed by atoms with E-state index < -0.39 is 5.60 Å². The van der Waals surface area contributed by atoms with Gasteiger partial charge in [-0.05, 0) is 32.4 Å². The number of rotatable bonds is 2. The fourth-order valence-corrected chi connectivity index (χ4v) is 2.22. The highest BCUT2D eigenvalue weighted by Gasteiger charge is 2.36. The van der Waals surface area contributed by atoms with Gasteiger partial charge in [0.25, 0.3) is 0 Å². The first-order valence-electron chi connectivity index (χ1n) is 6.03. The fourth-order valence-electron chi connectivity index (χ4n) is 2.22. The first-order valence-corrected chi connectivity index (χ1v) is 6.03. The minimum Gasteiger partial charge on any atom is -0.460 e. The predicted octanol–water partition coefficient (Wildman–Crippen LogP) is 1.66. The van der Waals surface area contributed by atoms with Crippen LogP contribution in [0.5, 0.6) is 0 Å². The summed E-state index contributed by atoms with van der Waals surface area (Å²) in [6, 6.07) is 2.02. The number of carbonyl (C=O) groups excluding carboxylic acids is 1. The number of esters is 1. The highest BCUT2D eigenvalue weighted by Crippen LogP contribution is 2.29. The van der Waals surface area contributed by atoms with E-state index in [1.165, 1.54) is 5.56 Å². The van der Waals surface area contributed by atoms with Gasteiger partial charge in [0.1, 0.15) is 5.60 Å². The molecule has 0 amide bonds. The molecule has 0 radical (unpaired) electrons. The van der Waals surface area contributed by atoms with Crippen molar-refractivity contribution in [3.8, 4) is 0 Å².